The summed E-state index contributed by atoms with van der Waals surface area (Å²) in [4.78, 5) is 32.6. The van der Waals surface area contributed by atoms with Gasteiger partial charge in [-0.2, -0.15) is 0 Å². The lowest BCUT2D eigenvalue weighted by molar-refractivity contribution is 0.0970. The molecule has 1 atom stereocenters. The zero-order chi connectivity index (χ0) is 19.3. The van der Waals surface area contributed by atoms with E-state index in [1.165, 1.54) is 15.8 Å². The third-order valence-electron chi connectivity index (χ3n) is 5.79. The number of rotatable bonds is 4. The quantitative estimate of drug-likeness (QED) is 0.642. The molecule has 1 aliphatic rings. The summed E-state index contributed by atoms with van der Waals surface area (Å²) >= 11 is 1.64. The number of fused-ring (bicyclic) bond motifs is 3. The highest BCUT2D eigenvalue weighted by Gasteiger charge is 2.24. The van der Waals surface area contributed by atoms with Crippen molar-refractivity contribution < 1.29 is 4.79 Å². The van der Waals surface area contributed by atoms with Gasteiger partial charge in [0.2, 0.25) is 0 Å². The summed E-state index contributed by atoms with van der Waals surface area (Å²) in [6.07, 6.45) is 4.60. The topological polar surface area (TPSA) is 56.9 Å². The molecule has 0 aliphatic heterocycles. The number of aryl methyl sites for hydroxylation is 2. The number of Topliss-reactive ketones (excluding diaryl/α,β-unsaturated/α-hetero) is 1. The third kappa shape index (κ3) is 2.96. The fourth-order valence-electron chi connectivity index (χ4n) is 4.29. The molecule has 4 rings (SSSR count). The van der Waals surface area contributed by atoms with Crippen LogP contribution in [0.2, 0.25) is 0 Å². The van der Waals surface area contributed by atoms with Gasteiger partial charge in [-0.15, -0.1) is 11.3 Å². The molecule has 3 aromatic rings. The van der Waals surface area contributed by atoms with Crippen LogP contribution in [-0.4, -0.2) is 19.9 Å². The van der Waals surface area contributed by atoms with E-state index in [0.717, 1.165) is 53.0 Å². The fourth-order valence-corrected chi connectivity index (χ4v) is 5.63. The van der Waals surface area contributed by atoms with Gasteiger partial charge in [0.25, 0.3) is 5.56 Å². The molecule has 3 aromatic heterocycles. The Kier molecular flexibility index (Phi) is 4.54. The number of hydrogen-bond acceptors (Lipinski definition) is 4. The van der Waals surface area contributed by atoms with Gasteiger partial charge in [0.1, 0.15) is 4.83 Å². The van der Waals surface area contributed by atoms with Gasteiger partial charge in [-0.1, -0.05) is 6.92 Å². The summed E-state index contributed by atoms with van der Waals surface area (Å²) in [7, 11) is 0. The summed E-state index contributed by atoms with van der Waals surface area (Å²) in [6, 6.07) is 1.92. The number of hydrogen-bond donors (Lipinski definition) is 0. The Hall–Kier alpha value is -2.21. The van der Waals surface area contributed by atoms with Crippen LogP contribution in [0.5, 0.6) is 0 Å². The molecule has 6 heteroatoms. The Labute approximate surface area is 162 Å². The van der Waals surface area contributed by atoms with Crippen molar-refractivity contribution in [2.45, 2.75) is 60.0 Å². The molecule has 5 nitrogen and oxygen atoms in total. The highest BCUT2D eigenvalue weighted by atomic mass is 32.1. The molecule has 0 aromatic carbocycles. The lowest BCUT2D eigenvalue weighted by Gasteiger charge is -2.17. The van der Waals surface area contributed by atoms with Gasteiger partial charge in [-0.3, -0.25) is 14.2 Å². The second-order valence-electron chi connectivity index (χ2n) is 7.66. The van der Waals surface area contributed by atoms with Crippen LogP contribution in [0.15, 0.2) is 17.2 Å². The van der Waals surface area contributed by atoms with Gasteiger partial charge < -0.3 is 4.57 Å². The molecule has 27 heavy (non-hydrogen) atoms. The van der Waals surface area contributed by atoms with Crippen molar-refractivity contribution in [3.63, 3.8) is 0 Å². The normalized spacial score (nSPS) is 16.7. The first-order chi connectivity index (χ1) is 12.9. The largest absolute Gasteiger partial charge is 0.349 e. The number of aromatic nitrogens is 3. The fraction of sp³-hybridized carbons (Fsp3) is 0.476. The molecule has 0 bridgehead atoms. The monoisotopic (exact) mass is 383 g/mol. The van der Waals surface area contributed by atoms with Gasteiger partial charge in [-0.05, 0) is 57.6 Å². The van der Waals surface area contributed by atoms with Crippen LogP contribution >= 0.6 is 11.3 Å². The van der Waals surface area contributed by atoms with Crippen molar-refractivity contribution in [2.75, 3.05) is 0 Å². The maximum Gasteiger partial charge on any atom is 0.262 e. The van der Waals surface area contributed by atoms with Crippen LogP contribution in [0.1, 0.15) is 52.5 Å². The Morgan fingerprint density at radius 1 is 1.37 bits per heavy atom. The maximum atomic E-state index is 13.1. The van der Waals surface area contributed by atoms with E-state index in [1.54, 1.807) is 11.3 Å². The van der Waals surface area contributed by atoms with Crippen molar-refractivity contribution in [2.24, 2.45) is 5.92 Å². The first kappa shape index (κ1) is 18.2. The van der Waals surface area contributed by atoms with E-state index in [0.29, 0.717) is 11.5 Å². The highest BCUT2D eigenvalue weighted by Crippen LogP contribution is 2.35. The number of nitrogens with zero attached hydrogens (tertiary/aromatic N) is 3. The molecule has 0 radical (unpaired) electrons. The Bertz CT molecular complexity index is 1100. The lowest BCUT2D eigenvalue weighted by atomic mass is 9.89. The van der Waals surface area contributed by atoms with Crippen LogP contribution in [0.25, 0.3) is 10.2 Å². The first-order valence-corrected chi connectivity index (χ1v) is 10.4. The summed E-state index contributed by atoms with van der Waals surface area (Å²) < 4.78 is 3.60. The molecule has 1 aliphatic carbocycles. The molecule has 0 saturated carbocycles. The molecule has 0 spiro atoms. The van der Waals surface area contributed by atoms with E-state index >= 15 is 0 Å². The molecule has 0 amide bonds. The van der Waals surface area contributed by atoms with E-state index in [4.69, 9.17) is 0 Å². The minimum atomic E-state index is -0.0790. The van der Waals surface area contributed by atoms with Gasteiger partial charge >= 0.3 is 0 Å². The maximum absolute atomic E-state index is 13.1. The smallest absolute Gasteiger partial charge is 0.262 e. The Balaban J connectivity index is 1.72. The molecule has 1 unspecified atom stereocenters. The third-order valence-corrected chi connectivity index (χ3v) is 6.95. The number of thiophene rings is 1. The Morgan fingerprint density at radius 2 is 2.15 bits per heavy atom. The molecule has 0 N–H and O–H groups in total. The van der Waals surface area contributed by atoms with E-state index in [1.807, 2.05) is 19.9 Å². The molecule has 0 saturated heterocycles. The summed E-state index contributed by atoms with van der Waals surface area (Å²) in [5.41, 5.74) is 3.81. The predicted octanol–water partition coefficient (Wildman–Crippen LogP) is 3.90. The van der Waals surface area contributed by atoms with Crippen LogP contribution in [0, 0.1) is 19.8 Å². The van der Waals surface area contributed by atoms with Crippen molar-refractivity contribution in [1.82, 2.24) is 14.1 Å². The van der Waals surface area contributed by atoms with E-state index < -0.39 is 0 Å². The summed E-state index contributed by atoms with van der Waals surface area (Å²) in [5.74, 6) is 0.618. The standard InChI is InChI=1S/C21H25N3O2S/c1-5-24-13(3)9-16(14(24)4)17(25)10-23-11-22-20-19(21(23)26)15-7-6-12(2)8-18(15)27-20/h9,11-12H,5-8,10H2,1-4H3. The first-order valence-electron chi connectivity index (χ1n) is 9.60. The van der Waals surface area contributed by atoms with Gasteiger partial charge in [0.15, 0.2) is 5.78 Å². The van der Waals surface area contributed by atoms with Crippen LogP contribution in [0.3, 0.4) is 0 Å². The molecular formula is C21H25N3O2S. The average Bonchev–Trinajstić information content (AvgIpc) is 3.13. The second kappa shape index (κ2) is 6.75. The Morgan fingerprint density at radius 3 is 2.85 bits per heavy atom. The average molecular weight is 384 g/mol. The minimum Gasteiger partial charge on any atom is -0.349 e. The summed E-state index contributed by atoms with van der Waals surface area (Å²) in [5, 5.41) is 0.733. The van der Waals surface area contributed by atoms with Crippen molar-refractivity contribution in [1.29, 1.82) is 0 Å². The zero-order valence-electron chi connectivity index (χ0n) is 16.3. The van der Waals surface area contributed by atoms with Crippen LogP contribution in [0.4, 0.5) is 0 Å². The van der Waals surface area contributed by atoms with Crippen molar-refractivity contribution in [3.05, 3.63) is 50.1 Å². The van der Waals surface area contributed by atoms with E-state index in [-0.39, 0.29) is 17.9 Å². The van der Waals surface area contributed by atoms with Gasteiger partial charge in [-0.25, -0.2) is 4.98 Å². The summed E-state index contributed by atoms with van der Waals surface area (Å²) in [6.45, 7) is 9.16. The molecule has 3 heterocycles. The number of carbonyl (C=O) groups excluding carboxylic acids is 1. The van der Waals surface area contributed by atoms with Gasteiger partial charge in [0, 0.05) is 28.4 Å². The van der Waals surface area contributed by atoms with Crippen LogP contribution in [-0.2, 0) is 25.9 Å². The number of carbonyl (C=O) groups is 1. The molecule has 0 fully saturated rings. The van der Waals surface area contributed by atoms with Crippen molar-refractivity contribution in [3.8, 4) is 0 Å². The molecular weight excluding hydrogens is 358 g/mol. The SMILES string of the molecule is CCn1c(C)cc(C(=O)Cn2cnc3sc4c(c3c2=O)CCC(C)C4)c1C. The minimum absolute atomic E-state index is 0.0382. The second-order valence-corrected chi connectivity index (χ2v) is 8.75. The van der Waals surface area contributed by atoms with E-state index in [9.17, 15) is 9.59 Å². The van der Waals surface area contributed by atoms with Crippen molar-refractivity contribution >= 4 is 27.3 Å². The highest BCUT2D eigenvalue weighted by molar-refractivity contribution is 7.18. The van der Waals surface area contributed by atoms with Gasteiger partial charge in [0.05, 0.1) is 18.3 Å². The predicted molar refractivity (Wildman–Crippen MR) is 109 cm³/mol. The van der Waals surface area contributed by atoms with Crippen LogP contribution < -0.4 is 5.56 Å². The van der Waals surface area contributed by atoms with E-state index in [2.05, 4.69) is 23.4 Å². The molecule has 142 valence electrons. The zero-order valence-corrected chi connectivity index (χ0v) is 17.2. The lowest BCUT2D eigenvalue weighted by Crippen LogP contribution is -2.25. The number of ketones is 1.